The second-order valence-electron chi connectivity index (χ2n) is 9.35. The fraction of sp³-hybridized carbons (Fsp3) is 0.583. The summed E-state index contributed by atoms with van der Waals surface area (Å²) in [6.07, 6.45) is 5.86. The van der Waals surface area contributed by atoms with Crippen LogP contribution in [0, 0.1) is 10.1 Å². The Morgan fingerprint density at radius 3 is 2.58 bits per heavy atom. The molecule has 12 nitrogen and oxygen atoms in total. The van der Waals surface area contributed by atoms with Crippen molar-refractivity contribution in [3.05, 3.63) is 40.6 Å². The van der Waals surface area contributed by atoms with Crippen LogP contribution in [0.3, 0.4) is 0 Å². The van der Waals surface area contributed by atoms with Crippen molar-refractivity contribution < 1.29 is 28.7 Å². The van der Waals surface area contributed by atoms with Crippen LogP contribution in [0.15, 0.2) is 30.5 Å². The Labute approximate surface area is 208 Å². The van der Waals surface area contributed by atoms with Gasteiger partial charge < -0.3 is 34.4 Å². The first kappa shape index (κ1) is 24.3. The Morgan fingerprint density at radius 1 is 1.11 bits per heavy atom. The fourth-order valence-electron chi connectivity index (χ4n) is 4.35. The Morgan fingerprint density at radius 2 is 1.86 bits per heavy atom. The molecule has 0 spiro atoms. The van der Waals surface area contributed by atoms with E-state index in [1.807, 2.05) is 24.3 Å². The summed E-state index contributed by atoms with van der Waals surface area (Å²) in [5.41, 5.74) is 0. The van der Waals surface area contributed by atoms with Gasteiger partial charge in [-0.3, -0.25) is 14.3 Å². The lowest BCUT2D eigenvalue weighted by Crippen LogP contribution is -2.49. The van der Waals surface area contributed by atoms with Crippen LogP contribution < -0.4 is 19.5 Å². The second-order valence-corrected chi connectivity index (χ2v) is 9.35. The molecule has 12 heteroatoms. The minimum atomic E-state index is -0.563. The molecule has 36 heavy (non-hydrogen) atoms. The number of fused-ring (bicyclic) bond motifs is 1. The first-order valence-electron chi connectivity index (χ1n) is 12.4. The molecule has 1 N–H and O–H groups in total. The van der Waals surface area contributed by atoms with Gasteiger partial charge in [-0.2, -0.15) is 0 Å². The average molecular weight is 502 g/mol. The maximum absolute atomic E-state index is 12.5. The maximum Gasteiger partial charge on any atom is 0.414 e. The SMILES string of the molecule is O=C(CN1CCC(Oc2ccc(OCCOC3CC3)cc2)CC1)N[C@@H]1COc2nc([N+](=O)[O-])cn2C1. The van der Waals surface area contributed by atoms with Gasteiger partial charge in [0.15, 0.2) is 0 Å². The van der Waals surface area contributed by atoms with Gasteiger partial charge in [0.1, 0.15) is 37.0 Å². The molecule has 1 saturated carbocycles. The summed E-state index contributed by atoms with van der Waals surface area (Å²) in [5.74, 6) is 1.25. The van der Waals surface area contributed by atoms with Crippen LogP contribution in [0.1, 0.15) is 25.7 Å². The van der Waals surface area contributed by atoms with Crippen molar-refractivity contribution in [3.8, 4) is 17.5 Å². The normalized spacial score (nSPS) is 20.3. The lowest BCUT2D eigenvalue weighted by atomic mass is 10.1. The number of piperidine rings is 1. The Hall–Kier alpha value is -3.38. The van der Waals surface area contributed by atoms with E-state index >= 15 is 0 Å². The van der Waals surface area contributed by atoms with Crippen molar-refractivity contribution in [2.75, 3.05) is 39.5 Å². The Bertz CT molecular complexity index is 1050. The summed E-state index contributed by atoms with van der Waals surface area (Å²) in [4.78, 5) is 28.8. The fourth-order valence-corrected chi connectivity index (χ4v) is 4.35. The van der Waals surface area contributed by atoms with Crippen LogP contribution in [-0.2, 0) is 16.1 Å². The number of nitro groups is 1. The number of carbonyl (C=O) groups excluding carboxylic acids is 1. The molecule has 0 bridgehead atoms. The number of amides is 1. The molecule has 2 aliphatic heterocycles. The van der Waals surface area contributed by atoms with Crippen LogP contribution in [0.4, 0.5) is 5.82 Å². The molecule has 3 heterocycles. The van der Waals surface area contributed by atoms with E-state index < -0.39 is 4.92 Å². The van der Waals surface area contributed by atoms with Crippen LogP contribution in [0.2, 0.25) is 0 Å². The molecular weight excluding hydrogens is 470 g/mol. The first-order valence-corrected chi connectivity index (χ1v) is 12.4. The highest BCUT2D eigenvalue weighted by Crippen LogP contribution is 2.24. The molecule has 0 radical (unpaired) electrons. The second kappa shape index (κ2) is 11.1. The summed E-state index contributed by atoms with van der Waals surface area (Å²) in [5, 5.41) is 13.8. The third kappa shape index (κ3) is 6.64. The number of nitrogens with one attached hydrogen (secondary N) is 1. The highest BCUT2D eigenvalue weighted by Gasteiger charge is 2.29. The molecule has 1 saturated heterocycles. The predicted octanol–water partition coefficient (Wildman–Crippen LogP) is 1.77. The van der Waals surface area contributed by atoms with Gasteiger partial charge in [0.05, 0.1) is 31.8 Å². The number of imidazole rings is 1. The zero-order valence-electron chi connectivity index (χ0n) is 20.0. The van der Waals surface area contributed by atoms with Gasteiger partial charge in [-0.1, -0.05) is 0 Å². The van der Waals surface area contributed by atoms with Crippen molar-refractivity contribution in [3.63, 3.8) is 0 Å². The van der Waals surface area contributed by atoms with E-state index in [1.165, 1.54) is 6.20 Å². The zero-order valence-corrected chi connectivity index (χ0v) is 20.0. The number of rotatable bonds is 11. The highest BCUT2D eigenvalue weighted by atomic mass is 16.6. The largest absolute Gasteiger partial charge is 0.491 e. The number of aromatic nitrogens is 2. The molecule has 2 aromatic rings. The third-order valence-corrected chi connectivity index (χ3v) is 6.37. The van der Waals surface area contributed by atoms with Gasteiger partial charge in [0.2, 0.25) is 5.91 Å². The van der Waals surface area contributed by atoms with Gasteiger partial charge in [-0.25, -0.2) is 0 Å². The van der Waals surface area contributed by atoms with E-state index in [2.05, 4.69) is 15.2 Å². The zero-order chi connectivity index (χ0) is 24.9. The number of ether oxygens (including phenoxy) is 4. The highest BCUT2D eigenvalue weighted by molar-refractivity contribution is 5.78. The number of benzene rings is 1. The molecular formula is C24H31N5O7. The van der Waals surface area contributed by atoms with Gasteiger partial charge >= 0.3 is 11.8 Å². The number of carbonyl (C=O) groups is 1. The molecule has 0 unspecified atom stereocenters. The predicted molar refractivity (Wildman–Crippen MR) is 127 cm³/mol. The van der Waals surface area contributed by atoms with E-state index in [4.69, 9.17) is 18.9 Å². The molecule has 1 aromatic heterocycles. The number of hydrogen-bond acceptors (Lipinski definition) is 9. The van der Waals surface area contributed by atoms with Crippen molar-refractivity contribution in [2.45, 2.75) is 50.5 Å². The van der Waals surface area contributed by atoms with E-state index in [-0.39, 0.29) is 43.0 Å². The topological polar surface area (TPSA) is 130 Å². The first-order chi connectivity index (χ1) is 17.5. The summed E-state index contributed by atoms with van der Waals surface area (Å²) >= 11 is 0. The van der Waals surface area contributed by atoms with E-state index in [9.17, 15) is 14.9 Å². The minimum absolute atomic E-state index is 0.0980. The van der Waals surface area contributed by atoms with E-state index in [1.54, 1.807) is 4.57 Å². The lowest BCUT2D eigenvalue weighted by molar-refractivity contribution is -0.389. The van der Waals surface area contributed by atoms with E-state index in [0.29, 0.717) is 25.9 Å². The summed E-state index contributed by atoms with van der Waals surface area (Å²) in [7, 11) is 0. The van der Waals surface area contributed by atoms with Gasteiger partial charge in [-0.15, -0.1) is 0 Å². The van der Waals surface area contributed by atoms with Gasteiger partial charge in [0, 0.05) is 18.1 Å². The summed E-state index contributed by atoms with van der Waals surface area (Å²) in [6, 6.07) is 7.59. The third-order valence-electron chi connectivity index (χ3n) is 6.37. The molecule has 1 aromatic carbocycles. The Kier molecular flexibility index (Phi) is 7.52. The molecule has 1 aliphatic carbocycles. The molecule has 3 aliphatic rings. The molecule has 5 rings (SSSR count). The summed E-state index contributed by atoms with van der Waals surface area (Å²) in [6.45, 7) is 3.59. The summed E-state index contributed by atoms with van der Waals surface area (Å²) < 4.78 is 24.4. The monoisotopic (exact) mass is 501 g/mol. The van der Waals surface area contributed by atoms with Crippen molar-refractivity contribution in [1.82, 2.24) is 19.8 Å². The molecule has 1 amide bonds. The van der Waals surface area contributed by atoms with Crippen molar-refractivity contribution >= 4 is 11.7 Å². The van der Waals surface area contributed by atoms with Crippen molar-refractivity contribution in [2.24, 2.45) is 0 Å². The van der Waals surface area contributed by atoms with Crippen LogP contribution in [0.5, 0.6) is 17.5 Å². The van der Waals surface area contributed by atoms with Gasteiger partial charge in [-0.05, 0) is 54.9 Å². The molecule has 2 fully saturated rings. The number of nitrogens with zero attached hydrogens (tertiary/aromatic N) is 4. The van der Waals surface area contributed by atoms with E-state index in [0.717, 1.165) is 50.3 Å². The molecule has 1 atom stereocenters. The smallest absolute Gasteiger partial charge is 0.414 e. The Balaban J connectivity index is 0.989. The quantitative estimate of drug-likeness (QED) is 0.278. The van der Waals surface area contributed by atoms with Crippen molar-refractivity contribution in [1.29, 1.82) is 0 Å². The number of likely N-dealkylation sites (tertiary alicyclic amines) is 1. The van der Waals surface area contributed by atoms with Crippen LogP contribution in [0.25, 0.3) is 0 Å². The lowest BCUT2D eigenvalue weighted by Gasteiger charge is -2.32. The minimum Gasteiger partial charge on any atom is -0.491 e. The average Bonchev–Trinajstić information content (AvgIpc) is 3.60. The number of hydrogen-bond donors (Lipinski definition) is 1. The van der Waals surface area contributed by atoms with Gasteiger partial charge in [0.25, 0.3) is 0 Å². The van der Waals surface area contributed by atoms with Crippen LogP contribution in [-0.4, -0.2) is 83.0 Å². The molecule has 194 valence electrons. The standard InChI is InChI=1S/C24H31N5O7/c30-23(25-17-13-28-14-22(29(31)32)26-24(28)35-16-17)15-27-9-7-21(8-10-27)36-20-5-3-19(4-6-20)34-12-11-33-18-1-2-18/h3-6,14,17-18,21H,1-2,7-13,15-16H2,(H,25,30)/t17-/m0/s1. The maximum atomic E-state index is 12.5. The van der Waals surface area contributed by atoms with Crippen LogP contribution >= 0.6 is 0 Å².